The minimum atomic E-state index is 0.113. The second kappa shape index (κ2) is 4.62. The molecule has 0 atom stereocenters. The Bertz CT molecular complexity index is 635. The molecule has 3 heterocycles. The van der Waals surface area contributed by atoms with Gasteiger partial charge in [-0.3, -0.25) is 0 Å². The first-order valence-electron chi connectivity index (χ1n) is 4.62. The van der Waals surface area contributed by atoms with Gasteiger partial charge in [0.1, 0.15) is 19.0 Å². The fraction of sp³-hybridized carbons (Fsp3) is 0. The van der Waals surface area contributed by atoms with Crippen molar-refractivity contribution < 1.29 is 0 Å². The third-order valence-electron chi connectivity index (χ3n) is 1.76. The number of anilines is 1. The molecule has 0 aliphatic heterocycles. The van der Waals surface area contributed by atoms with Gasteiger partial charge in [0.15, 0.2) is 4.34 Å². The Labute approximate surface area is 109 Å². The van der Waals surface area contributed by atoms with Gasteiger partial charge in [0.05, 0.1) is 0 Å². The van der Waals surface area contributed by atoms with Crippen molar-refractivity contribution in [2.45, 2.75) is 9.50 Å². The summed E-state index contributed by atoms with van der Waals surface area (Å²) < 4.78 is 6.02. The summed E-state index contributed by atoms with van der Waals surface area (Å²) in [5, 5.41) is 4.36. The van der Waals surface area contributed by atoms with Crippen molar-refractivity contribution in [1.82, 2.24) is 39.1 Å². The summed E-state index contributed by atoms with van der Waals surface area (Å²) in [6.45, 7) is 0. The average molecular weight is 279 g/mol. The van der Waals surface area contributed by atoms with Gasteiger partial charge in [-0.15, -0.1) is 0 Å². The van der Waals surface area contributed by atoms with Crippen molar-refractivity contribution in [2.75, 3.05) is 5.73 Å². The van der Waals surface area contributed by atoms with Gasteiger partial charge in [-0.2, -0.15) is 29.1 Å². The van der Waals surface area contributed by atoms with E-state index in [1.807, 2.05) is 0 Å². The number of nitrogen functional groups attached to an aromatic ring is 1. The highest BCUT2D eigenvalue weighted by Gasteiger charge is 2.09. The van der Waals surface area contributed by atoms with Crippen molar-refractivity contribution in [3.8, 4) is 5.95 Å². The third-order valence-corrected chi connectivity index (χ3v) is 3.34. The Morgan fingerprint density at radius 2 is 2.17 bits per heavy atom. The molecule has 0 saturated carbocycles. The molecule has 0 spiro atoms. The first kappa shape index (κ1) is 11.0. The van der Waals surface area contributed by atoms with E-state index in [0.717, 1.165) is 4.34 Å². The Morgan fingerprint density at radius 1 is 1.22 bits per heavy atom. The monoisotopic (exact) mass is 279 g/mol. The van der Waals surface area contributed by atoms with Crippen LogP contribution in [0.4, 0.5) is 5.95 Å². The Kier molecular flexibility index (Phi) is 2.82. The maximum Gasteiger partial charge on any atom is 0.257 e. The summed E-state index contributed by atoms with van der Waals surface area (Å²) in [5.74, 6) is 0.425. The molecule has 0 amide bonds. The quantitative estimate of drug-likeness (QED) is 0.707. The van der Waals surface area contributed by atoms with Crippen LogP contribution in [0, 0.1) is 0 Å². The highest BCUT2D eigenvalue weighted by molar-refractivity contribution is 8.00. The second-order valence-corrected chi connectivity index (χ2v) is 4.92. The lowest BCUT2D eigenvalue weighted by atomic mass is 10.9. The van der Waals surface area contributed by atoms with Gasteiger partial charge in [0.2, 0.25) is 11.1 Å². The number of hydrogen-bond donors (Lipinski definition) is 1. The Morgan fingerprint density at radius 3 is 2.89 bits per heavy atom. The minimum Gasteiger partial charge on any atom is -0.368 e. The van der Waals surface area contributed by atoms with Crippen LogP contribution in [0.3, 0.4) is 0 Å². The molecule has 11 heteroatoms. The zero-order valence-corrected chi connectivity index (χ0v) is 10.3. The summed E-state index contributed by atoms with van der Waals surface area (Å²) in [5.41, 5.74) is 5.62. The van der Waals surface area contributed by atoms with Crippen LogP contribution in [-0.2, 0) is 0 Å². The standard InChI is InChI=1S/C7H5N9S2/c8-4-13-5(16-3-9-1-11-16)15-6(14-4)17-7-10-2-12-18-7/h1-3H,(H2,8,13,14,15). The zero-order valence-electron chi connectivity index (χ0n) is 8.70. The first-order valence-corrected chi connectivity index (χ1v) is 6.21. The highest BCUT2D eigenvalue weighted by atomic mass is 32.2. The lowest BCUT2D eigenvalue weighted by Gasteiger charge is -2.01. The minimum absolute atomic E-state index is 0.113. The van der Waals surface area contributed by atoms with Gasteiger partial charge in [-0.05, 0) is 23.3 Å². The summed E-state index contributed by atoms with van der Waals surface area (Å²) in [6.07, 6.45) is 4.33. The van der Waals surface area contributed by atoms with Crippen molar-refractivity contribution in [2.24, 2.45) is 0 Å². The van der Waals surface area contributed by atoms with E-state index < -0.39 is 0 Å². The Hall–Kier alpha value is -2.14. The maximum atomic E-state index is 5.62. The fourth-order valence-electron chi connectivity index (χ4n) is 1.11. The highest BCUT2D eigenvalue weighted by Crippen LogP contribution is 2.25. The van der Waals surface area contributed by atoms with Crippen LogP contribution in [0.1, 0.15) is 0 Å². The summed E-state index contributed by atoms with van der Waals surface area (Å²) >= 11 is 2.51. The van der Waals surface area contributed by atoms with Crippen molar-refractivity contribution in [3.63, 3.8) is 0 Å². The van der Waals surface area contributed by atoms with Crippen LogP contribution in [-0.4, -0.2) is 39.1 Å². The van der Waals surface area contributed by atoms with Crippen molar-refractivity contribution in [3.05, 3.63) is 19.0 Å². The molecule has 0 aromatic carbocycles. The molecule has 0 aliphatic carbocycles. The van der Waals surface area contributed by atoms with Gasteiger partial charge in [0, 0.05) is 0 Å². The van der Waals surface area contributed by atoms with Gasteiger partial charge >= 0.3 is 0 Å². The van der Waals surface area contributed by atoms with E-state index in [1.54, 1.807) is 0 Å². The topological polar surface area (TPSA) is 121 Å². The number of rotatable bonds is 3. The van der Waals surface area contributed by atoms with E-state index in [2.05, 4.69) is 34.4 Å². The summed E-state index contributed by atoms with van der Waals surface area (Å²) in [4.78, 5) is 20.0. The number of nitrogens with zero attached hydrogens (tertiary/aromatic N) is 8. The van der Waals surface area contributed by atoms with Crippen molar-refractivity contribution >= 4 is 29.2 Å². The van der Waals surface area contributed by atoms with E-state index in [1.165, 1.54) is 47.0 Å². The summed E-state index contributed by atoms with van der Waals surface area (Å²) in [7, 11) is 0. The molecule has 90 valence electrons. The van der Waals surface area contributed by atoms with Crippen LogP contribution >= 0.6 is 23.3 Å². The SMILES string of the molecule is Nc1nc(Sc2ncns2)nc(-n2cncn2)n1. The smallest absolute Gasteiger partial charge is 0.257 e. The maximum absolute atomic E-state index is 5.62. The Balaban J connectivity index is 1.96. The third kappa shape index (κ3) is 2.26. The van der Waals surface area contributed by atoms with Crippen LogP contribution in [0.5, 0.6) is 0 Å². The molecule has 0 saturated heterocycles. The molecule has 0 unspecified atom stereocenters. The molecule has 0 aliphatic rings. The molecular formula is C7H5N9S2. The first-order chi connectivity index (χ1) is 8.81. The van der Waals surface area contributed by atoms with Gasteiger partial charge < -0.3 is 5.73 Å². The molecule has 18 heavy (non-hydrogen) atoms. The normalized spacial score (nSPS) is 10.7. The molecule has 9 nitrogen and oxygen atoms in total. The predicted molar refractivity (Wildman–Crippen MR) is 63.2 cm³/mol. The molecule has 2 N–H and O–H groups in total. The largest absolute Gasteiger partial charge is 0.368 e. The van der Waals surface area contributed by atoms with E-state index in [-0.39, 0.29) is 5.95 Å². The van der Waals surface area contributed by atoms with Crippen LogP contribution in [0.15, 0.2) is 28.5 Å². The fourth-order valence-corrected chi connectivity index (χ4v) is 2.41. The second-order valence-electron chi connectivity index (χ2n) is 2.93. The molecule has 3 aromatic heterocycles. The molecule has 3 aromatic rings. The van der Waals surface area contributed by atoms with Crippen LogP contribution < -0.4 is 5.73 Å². The molecule has 3 rings (SSSR count). The van der Waals surface area contributed by atoms with Crippen LogP contribution in [0.25, 0.3) is 5.95 Å². The van der Waals surface area contributed by atoms with Gasteiger partial charge in [-0.25, -0.2) is 9.97 Å². The number of hydrogen-bond acceptors (Lipinski definition) is 10. The van der Waals surface area contributed by atoms with Gasteiger partial charge in [0.25, 0.3) is 5.95 Å². The summed E-state index contributed by atoms with van der Waals surface area (Å²) in [6, 6.07) is 0. The number of nitrogens with two attached hydrogens (primary N) is 1. The zero-order chi connectivity index (χ0) is 12.4. The van der Waals surface area contributed by atoms with E-state index in [0.29, 0.717) is 11.1 Å². The van der Waals surface area contributed by atoms with E-state index in [4.69, 9.17) is 5.73 Å². The number of aromatic nitrogens is 8. The van der Waals surface area contributed by atoms with Gasteiger partial charge in [-0.1, -0.05) is 0 Å². The molecule has 0 bridgehead atoms. The molecular weight excluding hydrogens is 274 g/mol. The average Bonchev–Trinajstić information content (AvgIpc) is 3.00. The predicted octanol–water partition coefficient (Wildman–Crippen LogP) is 0.0372. The van der Waals surface area contributed by atoms with Crippen LogP contribution in [0.2, 0.25) is 0 Å². The molecule has 0 radical (unpaired) electrons. The molecule has 0 fully saturated rings. The lowest BCUT2D eigenvalue weighted by molar-refractivity contribution is 0.763. The lowest BCUT2D eigenvalue weighted by Crippen LogP contribution is -2.07. The van der Waals surface area contributed by atoms with Crippen molar-refractivity contribution in [1.29, 1.82) is 0 Å². The van der Waals surface area contributed by atoms with E-state index in [9.17, 15) is 0 Å². The van der Waals surface area contributed by atoms with E-state index >= 15 is 0 Å².